The summed E-state index contributed by atoms with van der Waals surface area (Å²) in [6.07, 6.45) is 3.71. The van der Waals surface area contributed by atoms with Crippen molar-refractivity contribution in [3.8, 4) is 0 Å². The van der Waals surface area contributed by atoms with E-state index in [1.54, 1.807) is 0 Å². The third-order valence-corrected chi connectivity index (χ3v) is 4.37. The molecule has 0 atom stereocenters. The van der Waals surface area contributed by atoms with Crippen molar-refractivity contribution in [2.24, 2.45) is 11.7 Å². The second-order valence-electron chi connectivity index (χ2n) is 6.65. The van der Waals surface area contributed by atoms with Crippen molar-refractivity contribution in [2.45, 2.75) is 58.9 Å². The molecule has 2 N–H and O–H groups in total. The largest absolute Gasteiger partial charge is 0.341 e. The van der Waals surface area contributed by atoms with Crippen molar-refractivity contribution in [1.29, 1.82) is 0 Å². The van der Waals surface area contributed by atoms with E-state index in [0.29, 0.717) is 12.3 Å². The van der Waals surface area contributed by atoms with Crippen LogP contribution < -0.4 is 5.73 Å². The van der Waals surface area contributed by atoms with Crippen LogP contribution in [0.15, 0.2) is 0 Å². The van der Waals surface area contributed by atoms with Crippen LogP contribution in [0, 0.1) is 5.92 Å². The Balaban J connectivity index is 2.51. The molecule has 1 aliphatic rings. The molecule has 4 nitrogen and oxygen atoms in total. The van der Waals surface area contributed by atoms with Crippen LogP contribution in [0.3, 0.4) is 0 Å². The van der Waals surface area contributed by atoms with Gasteiger partial charge in [0.1, 0.15) is 0 Å². The zero-order chi connectivity index (χ0) is 15.2. The first kappa shape index (κ1) is 17.4. The molecule has 1 rings (SSSR count). The Kier molecular flexibility index (Phi) is 6.96. The van der Waals surface area contributed by atoms with E-state index in [-0.39, 0.29) is 11.4 Å². The fourth-order valence-corrected chi connectivity index (χ4v) is 2.78. The van der Waals surface area contributed by atoms with Crippen molar-refractivity contribution in [3.63, 3.8) is 0 Å². The molecule has 0 bridgehead atoms. The Bertz CT molecular complexity index is 296. The Hall–Kier alpha value is -0.610. The van der Waals surface area contributed by atoms with E-state index in [2.05, 4.69) is 32.6 Å². The van der Waals surface area contributed by atoms with Crippen LogP contribution in [0.4, 0.5) is 0 Å². The molecule has 0 spiro atoms. The van der Waals surface area contributed by atoms with E-state index in [1.807, 2.05) is 4.90 Å². The van der Waals surface area contributed by atoms with E-state index >= 15 is 0 Å². The van der Waals surface area contributed by atoms with Gasteiger partial charge in [-0.1, -0.05) is 27.7 Å². The van der Waals surface area contributed by atoms with Crippen molar-refractivity contribution in [1.82, 2.24) is 9.80 Å². The first-order valence-corrected chi connectivity index (χ1v) is 8.19. The standard InChI is InChI=1S/C16H33N3O/c1-5-18(6-2)10-11-19(13-14(3)4)15(20)12-16(17)8-7-9-16/h14H,5-13,17H2,1-4H3. The summed E-state index contributed by atoms with van der Waals surface area (Å²) in [5.74, 6) is 0.749. The number of rotatable bonds is 9. The van der Waals surface area contributed by atoms with Gasteiger partial charge >= 0.3 is 0 Å². The number of hydrogen-bond acceptors (Lipinski definition) is 3. The summed E-state index contributed by atoms with van der Waals surface area (Å²) in [5.41, 5.74) is 6.02. The lowest BCUT2D eigenvalue weighted by atomic mass is 9.75. The molecule has 1 amide bonds. The number of likely N-dealkylation sites (N-methyl/N-ethyl adjacent to an activating group) is 1. The summed E-state index contributed by atoms with van der Waals surface area (Å²) in [6, 6.07) is 0. The van der Waals surface area contributed by atoms with Gasteiger partial charge in [-0.15, -0.1) is 0 Å². The molecule has 1 saturated carbocycles. The summed E-state index contributed by atoms with van der Waals surface area (Å²) in [7, 11) is 0. The predicted octanol–water partition coefficient (Wildman–Crippen LogP) is 2.08. The van der Waals surface area contributed by atoms with Gasteiger partial charge < -0.3 is 15.5 Å². The minimum atomic E-state index is -0.207. The molecule has 1 aliphatic carbocycles. The fraction of sp³-hybridized carbons (Fsp3) is 0.938. The van der Waals surface area contributed by atoms with Crippen LogP contribution in [0.25, 0.3) is 0 Å². The molecule has 0 aromatic carbocycles. The maximum absolute atomic E-state index is 12.5. The molecule has 0 saturated heterocycles. The smallest absolute Gasteiger partial charge is 0.224 e. The summed E-state index contributed by atoms with van der Waals surface area (Å²) in [4.78, 5) is 16.9. The minimum Gasteiger partial charge on any atom is -0.341 e. The first-order valence-electron chi connectivity index (χ1n) is 8.19. The number of carbonyl (C=O) groups is 1. The summed E-state index contributed by atoms with van der Waals surface area (Å²) >= 11 is 0. The lowest BCUT2D eigenvalue weighted by molar-refractivity contribution is -0.134. The Labute approximate surface area is 124 Å². The minimum absolute atomic E-state index is 0.207. The third kappa shape index (κ3) is 5.41. The van der Waals surface area contributed by atoms with Gasteiger partial charge in [0, 0.05) is 31.6 Å². The fourth-order valence-electron chi connectivity index (χ4n) is 2.78. The highest BCUT2D eigenvalue weighted by molar-refractivity contribution is 5.77. The zero-order valence-corrected chi connectivity index (χ0v) is 13.8. The van der Waals surface area contributed by atoms with Crippen LogP contribution in [0.5, 0.6) is 0 Å². The average Bonchev–Trinajstić information content (AvgIpc) is 2.36. The Morgan fingerprint density at radius 3 is 2.20 bits per heavy atom. The maximum Gasteiger partial charge on any atom is 0.224 e. The van der Waals surface area contributed by atoms with Crippen LogP contribution in [0.1, 0.15) is 53.4 Å². The SMILES string of the molecule is CCN(CC)CCN(CC(C)C)C(=O)CC1(N)CCC1. The number of nitrogens with zero attached hydrogens (tertiary/aromatic N) is 2. The molecule has 0 aromatic rings. The van der Waals surface area contributed by atoms with Gasteiger partial charge in [-0.2, -0.15) is 0 Å². The van der Waals surface area contributed by atoms with Crippen molar-refractivity contribution < 1.29 is 4.79 Å². The number of amides is 1. The molecule has 0 unspecified atom stereocenters. The molecule has 20 heavy (non-hydrogen) atoms. The molecule has 1 fully saturated rings. The van der Waals surface area contributed by atoms with Gasteiger partial charge in [-0.05, 0) is 38.3 Å². The molecule has 0 radical (unpaired) electrons. The van der Waals surface area contributed by atoms with E-state index in [0.717, 1.165) is 45.6 Å². The van der Waals surface area contributed by atoms with Gasteiger partial charge in [-0.3, -0.25) is 4.79 Å². The van der Waals surface area contributed by atoms with Crippen LogP contribution in [0.2, 0.25) is 0 Å². The second-order valence-corrected chi connectivity index (χ2v) is 6.65. The second kappa shape index (κ2) is 7.99. The normalized spacial score (nSPS) is 17.4. The molecule has 0 aliphatic heterocycles. The van der Waals surface area contributed by atoms with Crippen molar-refractivity contribution in [3.05, 3.63) is 0 Å². The molecule has 0 aromatic heterocycles. The monoisotopic (exact) mass is 283 g/mol. The predicted molar refractivity (Wildman–Crippen MR) is 84.6 cm³/mol. The lowest BCUT2D eigenvalue weighted by Gasteiger charge is -2.39. The third-order valence-electron chi connectivity index (χ3n) is 4.37. The van der Waals surface area contributed by atoms with Crippen molar-refractivity contribution in [2.75, 3.05) is 32.7 Å². The molecular formula is C16H33N3O. The highest BCUT2D eigenvalue weighted by Gasteiger charge is 2.36. The van der Waals surface area contributed by atoms with Gasteiger partial charge in [0.25, 0.3) is 0 Å². The molecular weight excluding hydrogens is 250 g/mol. The molecule has 4 heteroatoms. The topological polar surface area (TPSA) is 49.6 Å². The Morgan fingerprint density at radius 1 is 1.20 bits per heavy atom. The van der Waals surface area contributed by atoms with Crippen LogP contribution in [-0.4, -0.2) is 54.0 Å². The lowest BCUT2D eigenvalue weighted by Crippen LogP contribution is -2.51. The molecule has 0 heterocycles. The van der Waals surface area contributed by atoms with Gasteiger partial charge in [-0.25, -0.2) is 0 Å². The van der Waals surface area contributed by atoms with Crippen molar-refractivity contribution >= 4 is 5.91 Å². The highest BCUT2D eigenvalue weighted by atomic mass is 16.2. The van der Waals surface area contributed by atoms with Gasteiger partial charge in [0.15, 0.2) is 0 Å². The average molecular weight is 283 g/mol. The summed E-state index contributed by atoms with van der Waals surface area (Å²) < 4.78 is 0. The van der Waals surface area contributed by atoms with E-state index in [1.165, 1.54) is 6.42 Å². The molecule has 118 valence electrons. The Morgan fingerprint density at radius 2 is 1.80 bits per heavy atom. The summed E-state index contributed by atoms with van der Waals surface area (Å²) in [5, 5.41) is 0. The number of hydrogen-bond donors (Lipinski definition) is 1. The quantitative estimate of drug-likeness (QED) is 0.705. The summed E-state index contributed by atoms with van der Waals surface area (Å²) in [6.45, 7) is 13.4. The highest BCUT2D eigenvalue weighted by Crippen LogP contribution is 2.32. The maximum atomic E-state index is 12.5. The van der Waals surface area contributed by atoms with E-state index in [4.69, 9.17) is 5.73 Å². The number of carbonyl (C=O) groups excluding carboxylic acids is 1. The van der Waals surface area contributed by atoms with E-state index < -0.39 is 0 Å². The van der Waals surface area contributed by atoms with Gasteiger partial charge in [0.05, 0.1) is 0 Å². The number of nitrogens with two attached hydrogens (primary N) is 1. The first-order chi connectivity index (χ1) is 9.40. The van der Waals surface area contributed by atoms with Crippen LogP contribution in [-0.2, 0) is 4.79 Å². The van der Waals surface area contributed by atoms with E-state index in [9.17, 15) is 4.79 Å². The van der Waals surface area contributed by atoms with Crippen LogP contribution >= 0.6 is 0 Å². The van der Waals surface area contributed by atoms with Gasteiger partial charge in [0.2, 0.25) is 5.91 Å². The zero-order valence-electron chi connectivity index (χ0n) is 13.8.